The Kier molecular flexibility index (Phi) is 7.07. The minimum atomic E-state index is -0.159. The molecule has 0 fully saturated rings. The number of halogens is 1. The second-order valence-electron chi connectivity index (χ2n) is 5.94. The van der Waals surface area contributed by atoms with Crippen molar-refractivity contribution in [3.05, 3.63) is 35.6 Å². The second kappa shape index (κ2) is 8.31. The summed E-state index contributed by atoms with van der Waals surface area (Å²) in [6.07, 6.45) is 4.68. The van der Waals surface area contributed by atoms with Crippen LogP contribution in [0.5, 0.6) is 0 Å². The van der Waals surface area contributed by atoms with Crippen LogP contribution >= 0.6 is 0 Å². The fourth-order valence-corrected chi connectivity index (χ4v) is 2.57. The number of hydrogen-bond donors (Lipinski definition) is 1. The summed E-state index contributed by atoms with van der Waals surface area (Å²) >= 11 is 0. The van der Waals surface area contributed by atoms with Crippen LogP contribution in [-0.4, -0.2) is 6.04 Å². The first-order valence-electron chi connectivity index (χ1n) is 7.54. The zero-order chi connectivity index (χ0) is 14.3. The van der Waals surface area contributed by atoms with Crippen molar-refractivity contribution in [2.75, 3.05) is 0 Å². The van der Waals surface area contributed by atoms with Gasteiger partial charge >= 0.3 is 0 Å². The first-order chi connectivity index (χ1) is 9.02. The molecule has 1 aromatic rings. The van der Waals surface area contributed by atoms with Gasteiger partial charge in [-0.25, -0.2) is 4.39 Å². The first-order valence-corrected chi connectivity index (χ1v) is 7.54. The molecule has 1 aromatic carbocycles. The summed E-state index contributed by atoms with van der Waals surface area (Å²) in [5, 5.41) is 3.70. The zero-order valence-corrected chi connectivity index (χ0v) is 12.7. The van der Waals surface area contributed by atoms with Gasteiger partial charge in [0.15, 0.2) is 0 Å². The molecule has 0 radical (unpaired) electrons. The van der Waals surface area contributed by atoms with E-state index in [9.17, 15) is 4.39 Å². The van der Waals surface area contributed by atoms with Crippen LogP contribution in [0.1, 0.15) is 65.0 Å². The van der Waals surface area contributed by atoms with Crippen LogP contribution in [0.2, 0.25) is 0 Å². The molecule has 0 heterocycles. The molecule has 0 saturated carbocycles. The largest absolute Gasteiger partial charge is 0.307 e. The van der Waals surface area contributed by atoms with Gasteiger partial charge in [0.05, 0.1) is 0 Å². The lowest BCUT2D eigenvalue weighted by Gasteiger charge is -2.25. The number of benzene rings is 1. The Balaban J connectivity index is 2.68. The smallest absolute Gasteiger partial charge is 0.123 e. The van der Waals surface area contributed by atoms with Crippen molar-refractivity contribution in [1.29, 1.82) is 0 Å². The van der Waals surface area contributed by atoms with E-state index in [1.165, 1.54) is 24.8 Å². The van der Waals surface area contributed by atoms with Gasteiger partial charge in [0, 0.05) is 12.1 Å². The van der Waals surface area contributed by atoms with Crippen LogP contribution in [0.4, 0.5) is 4.39 Å². The highest BCUT2D eigenvalue weighted by Gasteiger charge is 2.14. The molecule has 0 aromatic heterocycles. The lowest BCUT2D eigenvalue weighted by atomic mass is 9.98. The van der Waals surface area contributed by atoms with Crippen molar-refractivity contribution in [1.82, 2.24) is 5.32 Å². The van der Waals surface area contributed by atoms with E-state index in [1.54, 1.807) is 12.1 Å². The van der Waals surface area contributed by atoms with E-state index in [-0.39, 0.29) is 5.82 Å². The molecule has 0 aliphatic rings. The maximum absolute atomic E-state index is 13.0. The number of unbranched alkanes of at least 4 members (excludes halogenated alkanes) is 1. The topological polar surface area (TPSA) is 12.0 Å². The summed E-state index contributed by atoms with van der Waals surface area (Å²) in [5.41, 5.74) is 1.20. The number of nitrogens with one attached hydrogen (secondary N) is 1. The van der Waals surface area contributed by atoms with Crippen molar-refractivity contribution in [3.8, 4) is 0 Å². The van der Waals surface area contributed by atoms with E-state index in [1.807, 2.05) is 12.1 Å². The van der Waals surface area contributed by atoms with Gasteiger partial charge in [-0.15, -0.1) is 0 Å². The molecule has 1 nitrogen and oxygen atoms in total. The highest BCUT2D eigenvalue weighted by atomic mass is 19.1. The van der Waals surface area contributed by atoms with Gasteiger partial charge in [0.2, 0.25) is 0 Å². The van der Waals surface area contributed by atoms with Gasteiger partial charge in [0.25, 0.3) is 0 Å². The predicted octanol–water partition coefficient (Wildman–Crippen LogP) is 5.08. The first kappa shape index (κ1) is 16.2. The molecule has 0 aliphatic carbocycles. The van der Waals surface area contributed by atoms with E-state index in [0.29, 0.717) is 18.0 Å². The van der Waals surface area contributed by atoms with E-state index in [4.69, 9.17) is 0 Å². The molecule has 19 heavy (non-hydrogen) atoms. The van der Waals surface area contributed by atoms with Crippen LogP contribution in [0.15, 0.2) is 24.3 Å². The molecule has 0 bridgehead atoms. The number of rotatable bonds is 8. The van der Waals surface area contributed by atoms with E-state index in [2.05, 4.69) is 33.0 Å². The lowest BCUT2D eigenvalue weighted by Crippen LogP contribution is -2.31. The molecule has 0 saturated heterocycles. The highest BCUT2D eigenvalue weighted by molar-refractivity contribution is 5.20. The monoisotopic (exact) mass is 265 g/mol. The van der Waals surface area contributed by atoms with Gasteiger partial charge in [-0.3, -0.25) is 0 Å². The quantitative estimate of drug-likeness (QED) is 0.691. The zero-order valence-electron chi connectivity index (χ0n) is 12.7. The van der Waals surface area contributed by atoms with Gasteiger partial charge in [-0.05, 0) is 43.4 Å². The molecular formula is C17H28FN. The average molecular weight is 265 g/mol. The number of hydrogen-bond acceptors (Lipinski definition) is 1. The Morgan fingerprint density at radius 1 is 1.11 bits per heavy atom. The van der Waals surface area contributed by atoms with Crippen LogP contribution in [0.25, 0.3) is 0 Å². The summed E-state index contributed by atoms with van der Waals surface area (Å²) in [4.78, 5) is 0. The van der Waals surface area contributed by atoms with Gasteiger partial charge in [0.1, 0.15) is 5.82 Å². The third-order valence-electron chi connectivity index (χ3n) is 3.43. The molecule has 2 unspecified atom stereocenters. The maximum Gasteiger partial charge on any atom is 0.123 e. The van der Waals surface area contributed by atoms with E-state index < -0.39 is 0 Å². The predicted molar refractivity (Wildman–Crippen MR) is 80.7 cm³/mol. The highest BCUT2D eigenvalue weighted by Crippen LogP contribution is 2.21. The molecule has 108 valence electrons. The molecular weight excluding hydrogens is 237 g/mol. The van der Waals surface area contributed by atoms with Crippen LogP contribution in [-0.2, 0) is 0 Å². The summed E-state index contributed by atoms with van der Waals surface area (Å²) in [5.74, 6) is 0.538. The fourth-order valence-electron chi connectivity index (χ4n) is 2.57. The van der Waals surface area contributed by atoms with Crippen molar-refractivity contribution in [2.45, 2.75) is 65.5 Å². The molecule has 0 spiro atoms. The Bertz CT molecular complexity index is 345. The SMILES string of the molecule is CCCCC(NC(C)CC(C)C)c1ccc(F)cc1. The van der Waals surface area contributed by atoms with Crippen LogP contribution in [0.3, 0.4) is 0 Å². The second-order valence-corrected chi connectivity index (χ2v) is 5.94. The minimum Gasteiger partial charge on any atom is -0.307 e. The minimum absolute atomic E-state index is 0.159. The van der Waals surface area contributed by atoms with E-state index >= 15 is 0 Å². The lowest BCUT2D eigenvalue weighted by molar-refractivity contribution is 0.376. The normalized spacial score (nSPS) is 14.6. The van der Waals surface area contributed by atoms with Crippen LogP contribution in [0, 0.1) is 11.7 Å². The molecule has 2 atom stereocenters. The molecule has 2 heteroatoms. The standard InChI is InChI=1S/C17H28FN/c1-5-6-7-17(19-14(4)12-13(2)3)15-8-10-16(18)11-9-15/h8-11,13-14,17,19H,5-7,12H2,1-4H3. The molecule has 0 aliphatic heterocycles. The van der Waals surface area contributed by atoms with Crippen LogP contribution < -0.4 is 5.32 Å². The third kappa shape index (κ3) is 6.20. The van der Waals surface area contributed by atoms with Crippen molar-refractivity contribution < 1.29 is 4.39 Å². The average Bonchev–Trinajstić information content (AvgIpc) is 2.34. The van der Waals surface area contributed by atoms with E-state index in [0.717, 1.165) is 6.42 Å². The summed E-state index contributed by atoms with van der Waals surface area (Å²) in [6.45, 7) is 8.94. The molecule has 0 amide bonds. The third-order valence-corrected chi connectivity index (χ3v) is 3.43. The molecule has 1 N–H and O–H groups in total. The maximum atomic E-state index is 13.0. The van der Waals surface area contributed by atoms with Crippen molar-refractivity contribution >= 4 is 0 Å². The fraction of sp³-hybridized carbons (Fsp3) is 0.647. The molecule has 1 rings (SSSR count). The summed E-state index contributed by atoms with van der Waals surface area (Å²) < 4.78 is 13.0. The van der Waals surface area contributed by atoms with Crippen molar-refractivity contribution in [2.24, 2.45) is 5.92 Å². The Labute approximate surface area is 117 Å². The Morgan fingerprint density at radius 3 is 2.26 bits per heavy atom. The summed E-state index contributed by atoms with van der Waals surface area (Å²) in [6, 6.07) is 7.77. The Morgan fingerprint density at radius 2 is 1.74 bits per heavy atom. The van der Waals surface area contributed by atoms with Gasteiger partial charge in [-0.2, -0.15) is 0 Å². The van der Waals surface area contributed by atoms with Gasteiger partial charge < -0.3 is 5.32 Å². The Hall–Kier alpha value is -0.890. The van der Waals surface area contributed by atoms with Crippen molar-refractivity contribution in [3.63, 3.8) is 0 Å². The van der Waals surface area contributed by atoms with Gasteiger partial charge in [-0.1, -0.05) is 45.7 Å². The summed E-state index contributed by atoms with van der Waals surface area (Å²) in [7, 11) is 0.